The quantitative estimate of drug-likeness (QED) is 0.473. The Balaban J connectivity index is 1.75. The van der Waals surface area contributed by atoms with Crippen molar-refractivity contribution in [1.82, 2.24) is 10.6 Å². The minimum absolute atomic E-state index is 0.162. The van der Waals surface area contributed by atoms with Crippen molar-refractivity contribution < 1.29 is 14.6 Å². The summed E-state index contributed by atoms with van der Waals surface area (Å²) in [5.41, 5.74) is 5.22. The van der Waals surface area contributed by atoms with Crippen molar-refractivity contribution >= 4 is 5.70 Å². The lowest BCUT2D eigenvalue weighted by Crippen LogP contribution is -2.39. The topological polar surface area (TPSA) is 62.8 Å². The number of aromatic hydroxyl groups is 1. The molecule has 1 aliphatic rings. The Bertz CT molecular complexity index is 1090. The maximum absolute atomic E-state index is 10.9. The fraction of sp³-hybridized carbons (Fsp3) is 0.259. The number of ether oxygens (including phenoxy) is 2. The van der Waals surface area contributed by atoms with E-state index in [4.69, 9.17) is 9.47 Å². The zero-order valence-corrected chi connectivity index (χ0v) is 18.8. The summed E-state index contributed by atoms with van der Waals surface area (Å²) >= 11 is 0. The van der Waals surface area contributed by atoms with Crippen molar-refractivity contribution in [3.8, 4) is 17.2 Å². The van der Waals surface area contributed by atoms with Gasteiger partial charge in [0.1, 0.15) is 11.9 Å². The Hall–Kier alpha value is -3.44. The van der Waals surface area contributed by atoms with Crippen LogP contribution in [0.15, 0.2) is 72.8 Å². The van der Waals surface area contributed by atoms with Gasteiger partial charge in [0, 0.05) is 11.3 Å². The van der Waals surface area contributed by atoms with Crippen molar-refractivity contribution in [2.45, 2.75) is 32.5 Å². The Morgan fingerprint density at radius 2 is 1.75 bits per heavy atom. The Morgan fingerprint density at radius 1 is 0.969 bits per heavy atom. The van der Waals surface area contributed by atoms with Gasteiger partial charge in [0.2, 0.25) is 0 Å². The number of hydrogen-bond donors (Lipinski definition) is 3. The Kier molecular flexibility index (Phi) is 6.66. The van der Waals surface area contributed by atoms with Crippen LogP contribution in [0.4, 0.5) is 0 Å². The molecule has 0 fully saturated rings. The van der Waals surface area contributed by atoms with Gasteiger partial charge in [0.05, 0.1) is 19.8 Å². The molecule has 1 aliphatic heterocycles. The average molecular weight is 431 g/mol. The zero-order chi connectivity index (χ0) is 22.5. The van der Waals surface area contributed by atoms with Gasteiger partial charge in [-0.1, -0.05) is 55.5 Å². The lowest BCUT2D eigenvalue weighted by Gasteiger charge is -2.33. The molecular weight excluding hydrogens is 400 g/mol. The van der Waals surface area contributed by atoms with Crippen molar-refractivity contribution in [3.63, 3.8) is 0 Å². The second-order valence-electron chi connectivity index (χ2n) is 7.76. The summed E-state index contributed by atoms with van der Waals surface area (Å²) in [5, 5.41) is 18.1. The molecule has 0 aliphatic carbocycles. The highest BCUT2D eigenvalue weighted by Crippen LogP contribution is 2.38. The van der Waals surface area contributed by atoms with E-state index in [1.165, 1.54) is 5.56 Å². The normalized spacial score (nSPS) is 17.9. The van der Waals surface area contributed by atoms with Crippen LogP contribution < -0.4 is 20.1 Å². The SMILES string of the molecule is CCOc1cccc(C2C=C(c3ccc(CC)cc3)NC(c3cccc(OC)c3)N2)c1O. The first-order chi connectivity index (χ1) is 15.6. The standard InChI is InChI=1S/C27H30N2O3/c1-4-18-12-14-19(15-13-18)23-17-24(22-10-7-11-25(26(22)30)32-5-2)29-27(28-23)20-8-6-9-21(16-20)31-3/h6-17,24,27-30H,4-5H2,1-3H3. The predicted octanol–water partition coefficient (Wildman–Crippen LogP) is 5.34. The Labute approximate surface area is 189 Å². The molecule has 2 atom stereocenters. The smallest absolute Gasteiger partial charge is 0.162 e. The lowest BCUT2D eigenvalue weighted by atomic mass is 9.97. The van der Waals surface area contributed by atoms with Gasteiger partial charge >= 0.3 is 0 Å². The molecule has 1 heterocycles. The fourth-order valence-electron chi connectivity index (χ4n) is 3.98. The van der Waals surface area contributed by atoms with Crippen molar-refractivity contribution in [3.05, 3.63) is 95.1 Å². The molecule has 0 aromatic heterocycles. The first-order valence-corrected chi connectivity index (χ1v) is 11.0. The first kappa shape index (κ1) is 21.8. The van der Waals surface area contributed by atoms with Gasteiger partial charge < -0.3 is 19.9 Å². The third-order valence-electron chi connectivity index (χ3n) is 5.74. The molecule has 3 aromatic rings. The highest BCUT2D eigenvalue weighted by atomic mass is 16.5. The van der Waals surface area contributed by atoms with E-state index in [0.717, 1.165) is 34.6 Å². The molecule has 2 unspecified atom stereocenters. The Morgan fingerprint density at radius 3 is 2.47 bits per heavy atom. The first-order valence-electron chi connectivity index (χ1n) is 11.0. The van der Waals surface area contributed by atoms with Crippen LogP contribution in [0.3, 0.4) is 0 Å². The zero-order valence-electron chi connectivity index (χ0n) is 18.8. The third kappa shape index (κ3) is 4.58. The number of hydrogen-bond acceptors (Lipinski definition) is 5. The summed E-state index contributed by atoms with van der Waals surface area (Å²) in [5.74, 6) is 1.45. The molecule has 3 aromatic carbocycles. The maximum atomic E-state index is 10.9. The molecule has 0 amide bonds. The molecule has 0 saturated heterocycles. The van der Waals surface area contributed by atoms with Gasteiger partial charge in [-0.05, 0) is 54.3 Å². The van der Waals surface area contributed by atoms with Gasteiger partial charge in [-0.25, -0.2) is 0 Å². The summed E-state index contributed by atoms with van der Waals surface area (Å²) in [6.07, 6.45) is 2.94. The van der Waals surface area contributed by atoms with E-state index >= 15 is 0 Å². The molecule has 0 saturated carbocycles. The van der Waals surface area contributed by atoms with Gasteiger partial charge in [0.15, 0.2) is 11.5 Å². The van der Waals surface area contributed by atoms with E-state index in [2.05, 4.69) is 54.0 Å². The van der Waals surface area contributed by atoms with E-state index in [1.54, 1.807) is 13.2 Å². The molecular formula is C27H30N2O3. The summed E-state index contributed by atoms with van der Waals surface area (Å²) in [6.45, 7) is 4.56. The van der Waals surface area contributed by atoms with Crippen molar-refractivity contribution in [2.24, 2.45) is 0 Å². The van der Waals surface area contributed by atoms with Crippen LogP contribution >= 0.6 is 0 Å². The number of phenolic OH excluding ortho intramolecular Hbond substituents is 1. The highest BCUT2D eigenvalue weighted by molar-refractivity contribution is 5.67. The number of rotatable bonds is 7. The van der Waals surface area contributed by atoms with E-state index in [-0.39, 0.29) is 18.0 Å². The predicted molar refractivity (Wildman–Crippen MR) is 128 cm³/mol. The molecule has 4 rings (SSSR count). The third-order valence-corrected chi connectivity index (χ3v) is 5.74. The average Bonchev–Trinajstić information content (AvgIpc) is 2.85. The summed E-state index contributed by atoms with van der Waals surface area (Å²) in [7, 11) is 1.67. The van der Waals surface area contributed by atoms with E-state index in [9.17, 15) is 5.11 Å². The molecule has 3 N–H and O–H groups in total. The molecule has 0 spiro atoms. The summed E-state index contributed by atoms with van der Waals surface area (Å²) in [6, 6.07) is 22.0. The van der Waals surface area contributed by atoms with Gasteiger partial charge in [-0.15, -0.1) is 0 Å². The number of methoxy groups -OCH3 is 1. The van der Waals surface area contributed by atoms with Crippen molar-refractivity contribution in [2.75, 3.05) is 13.7 Å². The van der Waals surface area contributed by atoms with Gasteiger partial charge in [-0.3, -0.25) is 5.32 Å². The van der Waals surface area contributed by atoms with Crippen LogP contribution in [-0.4, -0.2) is 18.8 Å². The second kappa shape index (κ2) is 9.79. The van der Waals surface area contributed by atoms with Crippen LogP contribution in [0.2, 0.25) is 0 Å². The van der Waals surface area contributed by atoms with E-state index in [1.807, 2.05) is 37.3 Å². The minimum atomic E-state index is -0.214. The number of nitrogens with one attached hydrogen (secondary N) is 2. The number of benzene rings is 3. The summed E-state index contributed by atoms with van der Waals surface area (Å²) < 4.78 is 11.0. The number of aryl methyl sites for hydroxylation is 1. The minimum Gasteiger partial charge on any atom is -0.504 e. The number of para-hydroxylation sites is 1. The van der Waals surface area contributed by atoms with E-state index in [0.29, 0.717) is 12.4 Å². The molecule has 0 bridgehead atoms. The van der Waals surface area contributed by atoms with Crippen LogP contribution in [0.1, 0.15) is 48.3 Å². The van der Waals surface area contributed by atoms with Crippen LogP contribution in [-0.2, 0) is 6.42 Å². The molecule has 5 heteroatoms. The molecule has 5 nitrogen and oxygen atoms in total. The molecule has 0 radical (unpaired) electrons. The second-order valence-corrected chi connectivity index (χ2v) is 7.76. The summed E-state index contributed by atoms with van der Waals surface area (Å²) in [4.78, 5) is 0. The van der Waals surface area contributed by atoms with Crippen LogP contribution in [0.25, 0.3) is 5.70 Å². The largest absolute Gasteiger partial charge is 0.504 e. The van der Waals surface area contributed by atoms with Crippen LogP contribution in [0, 0.1) is 0 Å². The van der Waals surface area contributed by atoms with Gasteiger partial charge in [-0.2, -0.15) is 0 Å². The maximum Gasteiger partial charge on any atom is 0.162 e. The van der Waals surface area contributed by atoms with E-state index < -0.39 is 0 Å². The molecule has 166 valence electrons. The van der Waals surface area contributed by atoms with Gasteiger partial charge in [0.25, 0.3) is 0 Å². The monoisotopic (exact) mass is 430 g/mol. The van der Waals surface area contributed by atoms with Crippen LogP contribution in [0.5, 0.6) is 17.2 Å². The molecule has 32 heavy (non-hydrogen) atoms. The highest BCUT2D eigenvalue weighted by Gasteiger charge is 2.26. The fourth-order valence-corrected chi connectivity index (χ4v) is 3.98. The lowest BCUT2D eigenvalue weighted by molar-refractivity contribution is 0.314. The van der Waals surface area contributed by atoms with Crippen molar-refractivity contribution in [1.29, 1.82) is 0 Å². The number of phenols is 1.